The smallest absolute Gasteiger partial charge is 0.262 e. The number of anilines is 1. The van der Waals surface area contributed by atoms with Crippen LogP contribution in [0, 0.1) is 12.8 Å². The zero-order chi connectivity index (χ0) is 25.8. The number of nitrogens with one attached hydrogen (secondary N) is 2. The van der Waals surface area contributed by atoms with Crippen molar-refractivity contribution in [1.82, 2.24) is 24.5 Å². The Morgan fingerprint density at radius 2 is 1.92 bits per heavy atom. The highest BCUT2D eigenvalue weighted by Gasteiger charge is 2.19. The quantitative estimate of drug-likeness (QED) is 0.334. The largest absolute Gasteiger partial charge is 0.352 e. The van der Waals surface area contributed by atoms with Crippen LogP contribution in [-0.4, -0.2) is 43.3 Å². The monoisotopic (exact) mass is 506 g/mol. The Morgan fingerprint density at radius 1 is 1.11 bits per heavy atom. The van der Waals surface area contributed by atoms with E-state index in [-0.39, 0.29) is 23.1 Å². The number of carbonyl (C=O) groups excluding carboxylic acids is 2. The van der Waals surface area contributed by atoms with E-state index in [2.05, 4.69) is 20.8 Å². The number of rotatable bonds is 9. The van der Waals surface area contributed by atoms with E-state index in [1.807, 2.05) is 52.0 Å². The van der Waals surface area contributed by atoms with Gasteiger partial charge in [-0.15, -0.1) is 10.2 Å². The molecule has 4 rings (SSSR count). The zero-order valence-electron chi connectivity index (χ0n) is 20.9. The summed E-state index contributed by atoms with van der Waals surface area (Å²) in [6.45, 7) is 9.02. The Kier molecular flexibility index (Phi) is 7.73. The molecule has 0 aliphatic heterocycles. The van der Waals surface area contributed by atoms with Gasteiger partial charge in [0.15, 0.2) is 5.16 Å². The van der Waals surface area contributed by atoms with Gasteiger partial charge in [0.2, 0.25) is 11.7 Å². The molecule has 0 unspecified atom stereocenters. The average Bonchev–Trinajstić information content (AvgIpc) is 3.27. The van der Waals surface area contributed by atoms with Crippen LogP contribution in [0.15, 0.2) is 52.4 Å². The van der Waals surface area contributed by atoms with Crippen molar-refractivity contribution in [3.8, 4) is 0 Å². The molecule has 0 saturated carbocycles. The van der Waals surface area contributed by atoms with Crippen molar-refractivity contribution in [3.63, 3.8) is 0 Å². The summed E-state index contributed by atoms with van der Waals surface area (Å²) < 4.78 is 3.35. The highest BCUT2D eigenvalue weighted by atomic mass is 32.2. The maximum Gasteiger partial charge on any atom is 0.262 e. The van der Waals surface area contributed by atoms with Gasteiger partial charge >= 0.3 is 0 Å². The van der Waals surface area contributed by atoms with Gasteiger partial charge in [0, 0.05) is 24.3 Å². The summed E-state index contributed by atoms with van der Waals surface area (Å²) in [4.78, 5) is 38.6. The average molecular weight is 507 g/mol. The van der Waals surface area contributed by atoms with E-state index in [1.54, 1.807) is 27.2 Å². The van der Waals surface area contributed by atoms with E-state index in [9.17, 15) is 14.4 Å². The molecular weight excluding hydrogens is 476 g/mol. The fraction of sp³-hybridized carbons (Fsp3) is 0.346. The Morgan fingerprint density at radius 3 is 2.64 bits per heavy atom. The lowest BCUT2D eigenvalue weighted by Gasteiger charge is -2.12. The molecule has 2 aromatic heterocycles. The molecule has 0 radical (unpaired) electrons. The first kappa shape index (κ1) is 25.4. The molecule has 2 N–H and O–H groups in total. The van der Waals surface area contributed by atoms with Crippen LogP contribution in [0.3, 0.4) is 0 Å². The lowest BCUT2D eigenvalue weighted by Crippen LogP contribution is -2.28. The molecule has 2 aromatic carbocycles. The number of hydrogen-bond acceptors (Lipinski definition) is 6. The molecule has 36 heavy (non-hydrogen) atoms. The van der Waals surface area contributed by atoms with Gasteiger partial charge in [-0.05, 0) is 55.2 Å². The summed E-state index contributed by atoms with van der Waals surface area (Å²) in [6, 6.07) is 12.6. The SMILES string of the molecule is CCCn1c(=O)c2ccc(C(=O)NCC(C)C)cc2n2c(SCC(=O)Nc3cccc(C)c3)nnc12. The molecule has 9 nitrogen and oxygen atoms in total. The third-order valence-corrected chi connectivity index (χ3v) is 6.52. The van der Waals surface area contributed by atoms with Crippen LogP contribution in [0.5, 0.6) is 0 Å². The lowest BCUT2D eigenvalue weighted by molar-refractivity contribution is -0.113. The van der Waals surface area contributed by atoms with E-state index < -0.39 is 0 Å². The summed E-state index contributed by atoms with van der Waals surface area (Å²) >= 11 is 1.23. The number of hydrogen-bond donors (Lipinski definition) is 2. The van der Waals surface area contributed by atoms with Crippen molar-refractivity contribution in [2.75, 3.05) is 17.6 Å². The fourth-order valence-corrected chi connectivity index (χ4v) is 4.63. The van der Waals surface area contributed by atoms with E-state index in [1.165, 1.54) is 11.8 Å². The van der Waals surface area contributed by atoms with E-state index in [0.717, 1.165) is 17.7 Å². The second kappa shape index (κ2) is 10.9. The second-order valence-corrected chi connectivity index (χ2v) is 10.1. The normalized spacial score (nSPS) is 11.4. The van der Waals surface area contributed by atoms with E-state index in [0.29, 0.717) is 46.4 Å². The van der Waals surface area contributed by atoms with Crippen LogP contribution in [0.2, 0.25) is 0 Å². The Balaban J connectivity index is 1.71. The minimum atomic E-state index is -0.212. The van der Waals surface area contributed by atoms with Crippen LogP contribution in [-0.2, 0) is 11.3 Å². The second-order valence-electron chi connectivity index (χ2n) is 9.12. The predicted molar refractivity (Wildman–Crippen MR) is 143 cm³/mol. The minimum Gasteiger partial charge on any atom is -0.352 e. The summed E-state index contributed by atoms with van der Waals surface area (Å²) in [6.07, 6.45) is 0.741. The molecule has 10 heteroatoms. The summed E-state index contributed by atoms with van der Waals surface area (Å²) in [5, 5.41) is 15.3. The van der Waals surface area contributed by atoms with Crippen molar-refractivity contribution in [3.05, 3.63) is 63.9 Å². The van der Waals surface area contributed by atoms with Crippen molar-refractivity contribution in [2.24, 2.45) is 5.92 Å². The van der Waals surface area contributed by atoms with Crippen molar-refractivity contribution >= 4 is 45.9 Å². The molecule has 0 saturated heterocycles. The highest BCUT2D eigenvalue weighted by Crippen LogP contribution is 2.23. The molecule has 0 atom stereocenters. The third-order valence-electron chi connectivity index (χ3n) is 5.59. The molecule has 0 spiro atoms. The zero-order valence-corrected chi connectivity index (χ0v) is 21.7. The maximum absolute atomic E-state index is 13.2. The molecule has 2 heterocycles. The molecule has 4 aromatic rings. The number of thioether (sulfide) groups is 1. The fourth-order valence-electron chi connectivity index (χ4n) is 3.89. The molecule has 0 bridgehead atoms. The van der Waals surface area contributed by atoms with Gasteiger partial charge in [-0.3, -0.25) is 23.4 Å². The number of fused-ring (bicyclic) bond motifs is 3. The first-order chi connectivity index (χ1) is 17.3. The Hall–Kier alpha value is -3.66. The number of aromatic nitrogens is 4. The van der Waals surface area contributed by atoms with Gasteiger partial charge in [0.05, 0.1) is 16.7 Å². The summed E-state index contributed by atoms with van der Waals surface area (Å²) in [7, 11) is 0. The van der Waals surface area contributed by atoms with Gasteiger partial charge in [-0.2, -0.15) is 0 Å². The third kappa shape index (κ3) is 5.43. The van der Waals surface area contributed by atoms with Crippen LogP contribution >= 0.6 is 11.8 Å². The molecular formula is C26H30N6O3S. The van der Waals surface area contributed by atoms with E-state index >= 15 is 0 Å². The van der Waals surface area contributed by atoms with Crippen LogP contribution in [0.25, 0.3) is 16.7 Å². The molecule has 0 fully saturated rings. The first-order valence-corrected chi connectivity index (χ1v) is 13.0. The highest BCUT2D eigenvalue weighted by molar-refractivity contribution is 7.99. The van der Waals surface area contributed by atoms with Gasteiger partial charge in [0.1, 0.15) is 0 Å². The van der Waals surface area contributed by atoms with E-state index in [4.69, 9.17) is 0 Å². The maximum atomic E-state index is 13.2. The predicted octanol–water partition coefficient (Wildman–Crippen LogP) is 3.88. The van der Waals surface area contributed by atoms with Crippen molar-refractivity contribution in [1.29, 1.82) is 0 Å². The molecule has 2 amide bonds. The number of carbonyl (C=O) groups is 2. The Labute approximate surface area is 213 Å². The number of amides is 2. The number of nitrogens with zero attached hydrogens (tertiary/aromatic N) is 4. The first-order valence-electron chi connectivity index (χ1n) is 12.0. The number of benzene rings is 2. The van der Waals surface area contributed by atoms with Gasteiger partial charge in [-0.1, -0.05) is 44.7 Å². The number of aryl methyl sites for hydroxylation is 2. The molecule has 0 aliphatic rings. The topological polar surface area (TPSA) is 110 Å². The lowest BCUT2D eigenvalue weighted by atomic mass is 10.1. The van der Waals surface area contributed by atoms with Crippen LogP contribution < -0.4 is 16.2 Å². The standard InChI is InChI=1S/C26H30N6O3S/c1-5-11-31-24(35)20-10-9-18(23(34)27-14-16(2)3)13-21(20)32-25(31)29-30-26(32)36-15-22(33)28-19-8-6-7-17(4)12-19/h6-10,12-13,16H,5,11,14-15H2,1-4H3,(H,27,34)(H,28,33). The molecule has 188 valence electrons. The molecule has 0 aliphatic carbocycles. The van der Waals surface area contributed by atoms with Gasteiger partial charge in [0.25, 0.3) is 11.5 Å². The Bertz CT molecular complexity index is 1490. The van der Waals surface area contributed by atoms with Crippen LogP contribution in [0.1, 0.15) is 43.1 Å². The van der Waals surface area contributed by atoms with Crippen molar-refractivity contribution < 1.29 is 9.59 Å². The van der Waals surface area contributed by atoms with Crippen molar-refractivity contribution in [2.45, 2.75) is 45.8 Å². The summed E-state index contributed by atoms with van der Waals surface area (Å²) in [5.41, 5.74) is 2.57. The van der Waals surface area contributed by atoms with Gasteiger partial charge in [-0.25, -0.2) is 0 Å². The van der Waals surface area contributed by atoms with Gasteiger partial charge < -0.3 is 10.6 Å². The minimum absolute atomic E-state index is 0.109. The summed E-state index contributed by atoms with van der Waals surface area (Å²) in [5.74, 6) is 0.418. The van der Waals surface area contributed by atoms with Crippen LogP contribution in [0.4, 0.5) is 5.69 Å².